The van der Waals surface area contributed by atoms with Crippen molar-refractivity contribution in [2.45, 2.75) is 26.7 Å². The average molecular weight is 196 g/mol. The van der Waals surface area contributed by atoms with Gasteiger partial charge in [0.1, 0.15) is 0 Å². The Labute approximate surface area is 83.0 Å². The number of amides is 2. The van der Waals surface area contributed by atoms with Crippen LogP contribution in [0.2, 0.25) is 0 Å². The van der Waals surface area contributed by atoms with Gasteiger partial charge in [0.05, 0.1) is 11.3 Å². The van der Waals surface area contributed by atoms with Crippen molar-refractivity contribution in [2.24, 2.45) is 34.1 Å². The monoisotopic (exact) mass is 196 g/mol. The lowest BCUT2D eigenvalue weighted by molar-refractivity contribution is -0.128. The van der Waals surface area contributed by atoms with Crippen molar-refractivity contribution in [3.05, 3.63) is 0 Å². The molecule has 2 atom stereocenters. The number of carbonyl (C=O) groups is 2. The van der Waals surface area contributed by atoms with Crippen molar-refractivity contribution >= 4 is 11.8 Å². The lowest BCUT2D eigenvalue weighted by atomic mass is 9.89. The molecule has 4 heteroatoms. The Morgan fingerprint density at radius 1 is 1.21 bits per heavy atom. The predicted molar refractivity (Wildman–Crippen MR) is 50.8 cm³/mol. The van der Waals surface area contributed by atoms with E-state index in [2.05, 4.69) is 0 Å². The van der Waals surface area contributed by atoms with Crippen LogP contribution in [0.25, 0.3) is 0 Å². The molecule has 2 saturated carbocycles. The van der Waals surface area contributed by atoms with E-state index >= 15 is 0 Å². The summed E-state index contributed by atoms with van der Waals surface area (Å²) in [4.78, 5) is 22.8. The molecular formula is C10H16N2O2. The highest BCUT2D eigenvalue weighted by molar-refractivity contribution is 5.97. The molecule has 14 heavy (non-hydrogen) atoms. The molecule has 2 rings (SSSR count). The first-order chi connectivity index (χ1) is 6.36. The Balaban J connectivity index is 2.39. The second kappa shape index (κ2) is 2.30. The summed E-state index contributed by atoms with van der Waals surface area (Å²) in [6, 6.07) is 0. The molecule has 0 heterocycles. The van der Waals surface area contributed by atoms with Crippen LogP contribution in [0, 0.1) is 22.7 Å². The number of hydrogen-bond acceptors (Lipinski definition) is 2. The quantitative estimate of drug-likeness (QED) is 0.666. The van der Waals surface area contributed by atoms with Gasteiger partial charge in [-0.1, -0.05) is 13.8 Å². The van der Waals surface area contributed by atoms with Crippen molar-refractivity contribution in [1.29, 1.82) is 0 Å². The minimum Gasteiger partial charge on any atom is -0.369 e. The third-order valence-corrected chi connectivity index (χ3v) is 4.07. The lowest BCUT2D eigenvalue weighted by Gasteiger charge is -2.14. The SMILES string of the molecule is CC1(C)C(C(N)=O)C1(C(N)=O)C1CC1. The minimum atomic E-state index is -0.640. The molecule has 2 aliphatic carbocycles. The van der Waals surface area contributed by atoms with Gasteiger partial charge in [-0.25, -0.2) is 0 Å². The van der Waals surface area contributed by atoms with Gasteiger partial charge >= 0.3 is 0 Å². The van der Waals surface area contributed by atoms with Gasteiger partial charge < -0.3 is 11.5 Å². The van der Waals surface area contributed by atoms with E-state index in [1.165, 1.54) is 0 Å². The van der Waals surface area contributed by atoms with E-state index in [1.807, 2.05) is 13.8 Å². The number of primary amides is 2. The number of hydrogen-bond donors (Lipinski definition) is 2. The molecule has 0 aromatic rings. The second-order valence-electron chi connectivity index (χ2n) is 5.06. The molecule has 0 bridgehead atoms. The normalized spacial score (nSPS) is 39.1. The highest BCUT2D eigenvalue weighted by atomic mass is 16.2. The molecule has 2 unspecified atom stereocenters. The first-order valence-electron chi connectivity index (χ1n) is 4.96. The summed E-state index contributed by atoms with van der Waals surface area (Å²) in [7, 11) is 0. The lowest BCUT2D eigenvalue weighted by Crippen LogP contribution is -2.33. The largest absolute Gasteiger partial charge is 0.369 e. The zero-order chi connectivity index (χ0) is 10.7. The highest BCUT2D eigenvalue weighted by Gasteiger charge is 2.81. The number of rotatable bonds is 3. The zero-order valence-corrected chi connectivity index (χ0v) is 8.54. The summed E-state index contributed by atoms with van der Waals surface area (Å²) in [6.45, 7) is 3.82. The van der Waals surface area contributed by atoms with Crippen LogP contribution < -0.4 is 11.5 Å². The van der Waals surface area contributed by atoms with E-state index in [-0.39, 0.29) is 29.1 Å². The summed E-state index contributed by atoms with van der Waals surface area (Å²) >= 11 is 0. The van der Waals surface area contributed by atoms with Crippen LogP contribution in [0.15, 0.2) is 0 Å². The van der Waals surface area contributed by atoms with E-state index in [0.29, 0.717) is 0 Å². The fraction of sp³-hybridized carbons (Fsp3) is 0.800. The van der Waals surface area contributed by atoms with Crippen LogP contribution in [0.5, 0.6) is 0 Å². The summed E-state index contributed by atoms with van der Waals surface area (Å²) in [5.41, 5.74) is 9.75. The van der Waals surface area contributed by atoms with Gasteiger partial charge in [-0.05, 0) is 24.2 Å². The van der Waals surface area contributed by atoms with Gasteiger partial charge in [-0.3, -0.25) is 9.59 Å². The maximum atomic E-state index is 11.5. The van der Waals surface area contributed by atoms with Gasteiger partial charge in [0.25, 0.3) is 0 Å². The Hall–Kier alpha value is -1.06. The Kier molecular flexibility index (Phi) is 1.56. The third kappa shape index (κ3) is 0.792. The van der Waals surface area contributed by atoms with Gasteiger partial charge in [0.15, 0.2) is 0 Å². The standard InChI is InChI=1S/C10H16N2O2/c1-9(2)6(7(11)13)10(9,8(12)14)5-3-4-5/h5-6H,3-4H2,1-2H3,(H2,11,13)(H2,12,14). The van der Waals surface area contributed by atoms with E-state index in [9.17, 15) is 9.59 Å². The van der Waals surface area contributed by atoms with Crippen LogP contribution in [0.3, 0.4) is 0 Å². The fourth-order valence-electron chi connectivity index (χ4n) is 3.34. The average Bonchev–Trinajstić information content (AvgIpc) is 2.81. The van der Waals surface area contributed by atoms with Crippen LogP contribution >= 0.6 is 0 Å². The number of nitrogens with two attached hydrogens (primary N) is 2. The third-order valence-electron chi connectivity index (χ3n) is 4.07. The Morgan fingerprint density at radius 3 is 1.93 bits per heavy atom. The van der Waals surface area contributed by atoms with Gasteiger partial charge in [0, 0.05) is 0 Å². The Bertz CT molecular complexity index is 320. The van der Waals surface area contributed by atoms with Gasteiger partial charge in [0.2, 0.25) is 11.8 Å². The van der Waals surface area contributed by atoms with Gasteiger partial charge in [-0.15, -0.1) is 0 Å². The topological polar surface area (TPSA) is 86.2 Å². The zero-order valence-electron chi connectivity index (χ0n) is 8.54. The molecule has 0 radical (unpaired) electrons. The molecule has 4 nitrogen and oxygen atoms in total. The van der Waals surface area contributed by atoms with Crippen LogP contribution in [-0.2, 0) is 9.59 Å². The van der Waals surface area contributed by atoms with Crippen molar-refractivity contribution in [3.63, 3.8) is 0 Å². The maximum Gasteiger partial charge on any atom is 0.225 e. The molecular weight excluding hydrogens is 180 g/mol. The van der Waals surface area contributed by atoms with E-state index < -0.39 is 5.41 Å². The van der Waals surface area contributed by atoms with Crippen molar-refractivity contribution < 1.29 is 9.59 Å². The maximum absolute atomic E-state index is 11.5. The van der Waals surface area contributed by atoms with E-state index in [1.54, 1.807) is 0 Å². The summed E-state index contributed by atoms with van der Waals surface area (Å²) < 4.78 is 0. The molecule has 0 aromatic carbocycles. The van der Waals surface area contributed by atoms with E-state index in [4.69, 9.17) is 11.5 Å². The van der Waals surface area contributed by atoms with Gasteiger partial charge in [-0.2, -0.15) is 0 Å². The smallest absolute Gasteiger partial charge is 0.225 e. The second-order valence-corrected chi connectivity index (χ2v) is 5.06. The van der Waals surface area contributed by atoms with Crippen LogP contribution in [0.1, 0.15) is 26.7 Å². The molecule has 2 fully saturated rings. The molecule has 78 valence electrons. The summed E-state index contributed by atoms with van der Waals surface area (Å²) in [5.74, 6) is -0.818. The number of carbonyl (C=O) groups excluding carboxylic acids is 2. The molecule has 0 saturated heterocycles. The Morgan fingerprint density at radius 2 is 1.71 bits per heavy atom. The minimum absolute atomic E-state index is 0.285. The summed E-state index contributed by atoms with van der Waals surface area (Å²) in [6.07, 6.45) is 1.99. The van der Waals surface area contributed by atoms with Crippen molar-refractivity contribution in [3.8, 4) is 0 Å². The first-order valence-corrected chi connectivity index (χ1v) is 4.96. The van der Waals surface area contributed by atoms with E-state index in [0.717, 1.165) is 12.8 Å². The van der Waals surface area contributed by atoms with Crippen molar-refractivity contribution in [2.75, 3.05) is 0 Å². The molecule has 2 aliphatic rings. The van der Waals surface area contributed by atoms with Crippen molar-refractivity contribution in [1.82, 2.24) is 0 Å². The molecule has 0 aromatic heterocycles. The molecule has 2 amide bonds. The first kappa shape index (κ1) is 9.49. The van der Waals surface area contributed by atoms with Crippen LogP contribution in [0.4, 0.5) is 0 Å². The molecule has 0 spiro atoms. The predicted octanol–water partition coefficient (Wildman–Crippen LogP) is 0.00940. The highest BCUT2D eigenvalue weighted by Crippen LogP contribution is 2.76. The van der Waals surface area contributed by atoms with Crippen LogP contribution in [-0.4, -0.2) is 11.8 Å². The molecule has 4 N–H and O–H groups in total. The fourth-order valence-corrected chi connectivity index (χ4v) is 3.34. The summed E-state index contributed by atoms with van der Waals surface area (Å²) in [5, 5.41) is 0. The molecule has 0 aliphatic heterocycles.